The molecule has 0 unspecified atom stereocenters. The van der Waals surface area contributed by atoms with Crippen LogP contribution in [-0.4, -0.2) is 33.3 Å². The second-order valence-electron chi connectivity index (χ2n) is 2.96. The van der Waals surface area contributed by atoms with Gasteiger partial charge in [-0.05, 0) is 0 Å². The third-order valence-electron chi connectivity index (χ3n) is 1.53. The molecule has 0 aliphatic rings. The van der Waals surface area contributed by atoms with Crippen molar-refractivity contribution in [1.29, 1.82) is 0 Å². The van der Waals surface area contributed by atoms with Gasteiger partial charge in [0.15, 0.2) is 0 Å². The molecule has 0 radical (unpaired) electrons. The van der Waals surface area contributed by atoms with Gasteiger partial charge >= 0.3 is 96.5 Å². The summed E-state index contributed by atoms with van der Waals surface area (Å²) in [7, 11) is -5.46. The first-order chi connectivity index (χ1) is 7.48. The fourth-order valence-electron chi connectivity index (χ4n) is 1.00. The third-order valence-corrected chi connectivity index (χ3v) is 2.11. The Kier molecular flexibility index (Phi) is 17.7. The topological polar surface area (TPSA) is 187 Å². The van der Waals surface area contributed by atoms with E-state index in [1.807, 2.05) is 0 Å². The van der Waals surface area contributed by atoms with E-state index in [4.69, 9.17) is 9.79 Å². The number of phosphoric acid groups is 1. The molecule has 2 N–H and O–H groups in total. The van der Waals surface area contributed by atoms with Crippen molar-refractivity contribution in [2.45, 2.75) is 18.4 Å². The molecule has 0 saturated heterocycles. The van der Waals surface area contributed by atoms with Gasteiger partial charge in [-0.1, -0.05) is 0 Å². The van der Waals surface area contributed by atoms with Crippen LogP contribution in [0.15, 0.2) is 0 Å². The van der Waals surface area contributed by atoms with Crippen LogP contribution < -0.4 is 104 Å². The van der Waals surface area contributed by atoms with Gasteiger partial charge in [0.05, 0.1) is 5.97 Å². The summed E-state index contributed by atoms with van der Waals surface area (Å²) in [5.74, 6) is -6.61. The van der Waals surface area contributed by atoms with Gasteiger partial charge < -0.3 is 39.5 Å². The van der Waals surface area contributed by atoms with Crippen molar-refractivity contribution in [2.75, 3.05) is 0 Å². The number of carboxylic acids is 3. The monoisotopic (exact) mass is 338 g/mol. The van der Waals surface area contributed by atoms with E-state index in [-0.39, 0.29) is 88.7 Å². The summed E-state index contributed by atoms with van der Waals surface area (Å²) >= 11 is 0. The van der Waals surface area contributed by atoms with Gasteiger partial charge in [0, 0.05) is 24.8 Å². The number of rotatable bonds is 7. The van der Waals surface area contributed by atoms with E-state index < -0.39 is 44.2 Å². The minimum absolute atomic E-state index is 0. The van der Waals surface area contributed by atoms with Crippen LogP contribution in [0.3, 0.4) is 0 Å². The van der Waals surface area contributed by atoms with Gasteiger partial charge in [-0.2, -0.15) is 0 Å². The van der Waals surface area contributed by atoms with Crippen molar-refractivity contribution in [3.63, 3.8) is 0 Å². The molecule has 0 rings (SSSR count). The van der Waals surface area contributed by atoms with E-state index in [0.717, 1.165) is 0 Å². The standard InChI is InChI=1S/C6H9O10P.3Na/c7-3(8)1-6(5(11)12,2-4(9)10)16-17(13,14)15;;;/h1-2H2,(H,7,8)(H,9,10)(H,11,12)(H2,13,14,15);;;/q;3*+1/p-3. The normalized spacial score (nSPS) is 10.3. The van der Waals surface area contributed by atoms with E-state index in [9.17, 15) is 34.3 Å². The Morgan fingerprint density at radius 2 is 1.25 bits per heavy atom. The van der Waals surface area contributed by atoms with Crippen molar-refractivity contribution in [1.82, 2.24) is 0 Å². The molecule has 0 atom stereocenters. The van der Waals surface area contributed by atoms with Gasteiger partial charge in [-0.25, -0.2) is 4.57 Å². The first-order valence-electron chi connectivity index (χ1n) is 3.86. The zero-order chi connectivity index (χ0) is 13.9. The van der Waals surface area contributed by atoms with E-state index in [1.165, 1.54) is 0 Å². The minimum Gasteiger partial charge on any atom is -0.550 e. The molecule has 0 aromatic heterocycles. The van der Waals surface area contributed by atoms with Crippen molar-refractivity contribution in [3.8, 4) is 0 Å². The summed E-state index contributed by atoms with van der Waals surface area (Å²) in [5, 5.41) is 31.1. The van der Waals surface area contributed by atoms with Gasteiger partial charge in [0.1, 0.15) is 5.60 Å². The van der Waals surface area contributed by atoms with E-state index in [0.29, 0.717) is 0 Å². The number of hydrogen-bond acceptors (Lipinski definition) is 8. The van der Waals surface area contributed by atoms with Crippen molar-refractivity contribution >= 4 is 25.7 Å². The number of aliphatic carboxylic acids is 3. The molecule has 14 heteroatoms. The molecule has 20 heavy (non-hydrogen) atoms. The molecule has 0 aromatic rings. The van der Waals surface area contributed by atoms with Crippen LogP contribution in [0.2, 0.25) is 0 Å². The second kappa shape index (κ2) is 12.0. The predicted molar refractivity (Wildman–Crippen MR) is 40.1 cm³/mol. The Balaban J connectivity index is -0.000000427. The molecule has 0 amide bonds. The molecule has 0 aliphatic heterocycles. The fourth-order valence-corrected chi connectivity index (χ4v) is 1.66. The van der Waals surface area contributed by atoms with Gasteiger partial charge in [0.25, 0.3) is 0 Å². The van der Waals surface area contributed by atoms with Crippen LogP contribution in [0.5, 0.6) is 0 Å². The maximum Gasteiger partial charge on any atom is 1.00 e. The predicted octanol–water partition coefficient (Wildman–Crippen LogP) is -14.1. The van der Waals surface area contributed by atoms with Crippen molar-refractivity contribution < 1.29 is 137 Å². The smallest absolute Gasteiger partial charge is 0.550 e. The Morgan fingerprint density at radius 3 is 1.40 bits per heavy atom. The first-order valence-corrected chi connectivity index (χ1v) is 5.39. The number of carboxylic acid groups (broad SMARTS) is 3. The SMILES string of the molecule is O=C([O-])CC(CC(=O)[O-])(OP(=O)(O)O)C(=O)[O-].[Na+].[Na+].[Na+]. The van der Waals surface area contributed by atoms with Gasteiger partial charge in [-0.3, -0.25) is 4.52 Å². The number of phosphoric ester groups is 1. The Bertz CT molecular complexity index is 376. The number of carbonyl (C=O) groups excluding carboxylic acids is 3. The maximum atomic E-state index is 10.6. The summed E-state index contributed by atoms with van der Waals surface area (Å²) in [5.41, 5.74) is -3.25. The van der Waals surface area contributed by atoms with Crippen LogP contribution in [0.4, 0.5) is 0 Å². The molecule has 98 valence electrons. The van der Waals surface area contributed by atoms with Crippen LogP contribution in [0.1, 0.15) is 12.8 Å². The molecular weight excluding hydrogens is 332 g/mol. The molecule has 0 fully saturated rings. The summed E-state index contributed by atoms with van der Waals surface area (Å²) in [6, 6.07) is 0. The third kappa shape index (κ3) is 12.1. The molecule has 0 aromatic carbocycles. The average molecular weight is 338 g/mol. The Morgan fingerprint density at radius 1 is 0.950 bits per heavy atom. The molecule has 0 bridgehead atoms. The minimum atomic E-state index is -5.46. The van der Waals surface area contributed by atoms with E-state index in [2.05, 4.69) is 4.52 Å². The van der Waals surface area contributed by atoms with Crippen LogP contribution in [0, 0.1) is 0 Å². The second-order valence-corrected chi connectivity index (χ2v) is 4.12. The van der Waals surface area contributed by atoms with Crippen LogP contribution in [-0.2, 0) is 23.5 Å². The van der Waals surface area contributed by atoms with E-state index >= 15 is 0 Å². The average Bonchev–Trinajstić information content (AvgIpc) is 1.96. The molecule has 0 heterocycles. The van der Waals surface area contributed by atoms with Crippen molar-refractivity contribution in [3.05, 3.63) is 0 Å². The summed E-state index contributed by atoms with van der Waals surface area (Å²) in [4.78, 5) is 47.9. The molecule has 10 nitrogen and oxygen atoms in total. The molecule has 0 saturated carbocycles. The number of hydrogen-bond donors (Lipinski definition) is 2. The zero-order valence-corrected chi connectivity index (χ0v) is 17.9. The van der Waals surface area contributed by atoms with Gasteiger partial charge in [-0.15, -0.1) is 0 Å². The molecule has 0 aliphatic carbocycles. The van der Waals surface area contributed by atoms with Gasteiger partial charge in [0.2, 0.25) is 0 Å². The summed E-state index contributed by atoms with van der Waals surface area (Å²) in [6.07, 6.45) is -3.23. The maximum absolute atomic E-state index is 10.6. The Hall–Kier alpha value is 1.52. The quantitative estimate of drug-likeness (QED) is 0.333. The summed E-state index contributed by atoms with van der Waals surface area (Å²) in [6.45, 7) is 0. The van der Waals surface area contributed by atoms with Crippen molar-refractivity contribution in [2.24, 2.45) is 0 Å². The molecule has 0 spiro atoms. The first kappa shape index (κ1) is 29.5. The van der Waals surface area contributed by atoms with Crippen LogP contribution >= 0.6 is 7.82 Å². The zero-order valence-electron chi connectivity index (χ0n) is 11.0. The molecular formula is C6H6Na3O10P. The Labute approximate surface area is 179 Å². The number of carbonyl (C=O) groups is 3. The fraction of sp³-hybridized carbons (Fsp3) is 0.500. The van der Waals surface area contributed by atoms with Crippen LogP contribution in [0.25, 0.3) is 0 Å². The van der Waals surface area contributed by atoms with E-state index in [1.54, 1.807) is 0 Å². The largest absolute Gasteiger partial charge is 1.00 e. The summed E-state index contributed by atoms with van der Waals surface area (Å²) < 4.78 is 14.1.